The van der Waals surface area contributed by atoms with Crippen molar-refractivity contribution in [2.45, 2.75) is 57.3 Å². The van der Waals surface area contributed by atoms with Crippen molar-refractivity contribution in [1.29, 1.82) is 0 Å². The molecule has 1 unspecified atom stereocenters. The van der Waals surface area contributed by atoms with Gasteiger partial charge >= 0.3 is 6.18 Å². The molecule has 0 radical (unpaired) electrons. The van der Waals surface area contributed by atoms with Gasteiger partial charge in [-0.1, -0.05) is 18.8 Å². The molecule has 1 heterocycles. The van der Waals surface area contributed by atoms with Crippen LogP contribution in [0.25, 0.3) is 0 Å². The summed E-state index contributed by atoms with van der Waals surface area (Å²) in [4.78, 5) is 1.43. The van der Waals surface area contributed by atoms with Gasteiger partial charge in [-0.15, -0.1) is 6.42 Å². The van der Waals surface area contributed by atoms with Crippen LogP contribution in [0.5, 0.6) is 0 Å². The van der Waals surface area contributed by atoms with Crippen LogP contribution in [0.2, 0.25) is 0 Å². The number of halogens is 3. The van der Waals surface area contributed by atoms with Gasteiger partial charge in [-0.3, -0.25) is 4.90 Å². The lowest BCUT2D eigenvalue weighted by Gasteiger charge is -2.40. The van der Waals surface area contributed by atoms with E-state index in [2.05, 4.69) is 5.92 Å². The van der Waals surface area contributed by atoms with E-state index < -0.39 is 17.8 Å². The maximum Gasteiger partial charge on any atom is 0.404 e. The number of hydrogen-bond acceptors (Lipinski definition) is 1. The van der Waals surface area contributed by atoms with Crippen molar-refractivity contribution in [3.8, 4) is 12.3 Å². The number of alkyl halides is 3. The van der Waals surface area contributed by atoms with Gasteiger partial charge in [0.05, 0.1) is 5.54 Å². The third kappa shape index (κ3) is 2.91. The summed E-state index contributed by atoms with van der Waals surface area (Å²) in [5.41, 5.74) is -0.829. The van der Waals surface area contributed by atoms with E-state index in [0.29, 0.717) is 13.0 Å². The van der Waals surface area contributed by atoms with Crippen LogP contribution in [-0.4, -0.2) is 29.2 Å². The Labute approximate surface area is 95.0 Å². The summed E-state index contributed by atoms with van der Waals surface area (Å²) in [7, 11) is 0. The molecule has 0 spiro atoms. The Bertz CT molecular complexity index is 275. The molecule has 1 fully saturated rings. The lowest BCUT2D eigenvalue weighted by Crippen LogP contribution is -2.54. The highest BCUT2D eigenvalue weighted by molar-refractivity contribution is 5.10. The van der Waals surface area contributed by atoms with Crippen LogP contribution >= 0.6 is 0 Å². The largest absolute Gasteiger partial charge is 0.404 e. The molecule has 0 bridgehead atoms. The molecule has 92 valence electrons. The highest BCUT2D eigenvalue weighted by atomic mass is 19.4. The second kappa shape index (κ2) is 4.67. The molecular formula is C12H18F3N. The van der Waals surface area contributed by atoms with E-state index in [0.717, 1.165) is 12.8 Å². The number of likely N-dealkylation sites (tertiary alicyclic amines) is 1. The smallest absolute Gasteiger partial charge is 0.276 e. The van der Waals surface area contributed by atoms with E-state index in [9.17, 15) is 13.2 Å². The molecule has 0 aromatic carbocycles. The van der Waals surface area contributed by atoms with E-state index in [1.807, 2.05) is 0 Å². The van der Waals surface area contributed by atoms with Crippen molar-refractivity contribution in [2.24, 2.45) is 0 Å². The van der Waals surface area contributed by atoms with Crippen molar-refractivity contribution in [1.82, 2.24) is 4.90 Å². The quantitative estimate of drug-likeness (QED) is 0.629. The third-order valence-corrected chi connectivity index (χ3v) is 3.20. The third-order valence-electron chi connectivity index (χ3n) is 3.20. The van der Waals surface area contributed by atoms with Crippen LogP contribution in [0.15, 0.2) is 0 Å². The molecule has 1 saturated heterocycles. The highest BCUT2D eigenvalue weighted by Gasteiger charge is 2.47. The Morgan fingerprint density at radius 3 is 2.31 bits per heavy atom. The minimum atomic E-state index is -4.18. The van der Waals surface area contributed by atoms with Gasteiger partial charge in [-0.25, -0.2) is 0 Å². The molecular weight excluding hydrogens is 215 g/mol. The van der Waals surface area contributed by atoms with Crippen molar-refractivity contribution in [3.63, 3.8) is 0 Å². The zero-order valence-electron chi connectivity index (χ0n) is 9.77. The molecule has 0 aliphatic carbocycles. The van der Waals surface area contributed by atoms with Gasteiger partial charge in [-0.2, -0.15) is 13.2 Å². The summed E-state index contributed by atoms with van der Waals surface area (Å²) < 4.78 is 38.8. The van der Waals surface area contributed by atoms with Crippen molar-refractivity contribution >= 4 is 0 Å². The van der Waals surface area contributed by atoms with E-state index in [1.165, 1.54) is 4.90 Å². The Hall–Kier alpha value is -0.690. The highest BCUT2D eigenvalue weighted by Crippen LogP contribution is 2.35. The molecule has 1 aliphatic heterocycles. The van der Waals surface area contributed by atoms with E-state index in [1.54, 1.807) is 13.8 Å². The molecule has 0 saturated carbocycles. The maximum atomic E-state index is 12.9. The van der Waals surface area contributed by atoms with Crippen molar-refractivity contribution < 1.29 is 13.2 Å². The van der Waals surface area contributed by atoms with Gasteiger partial charge in [0, 0.05) is 6.54 Å². The fourth-order valence-corrected chi connectivity index (χ4v) is 2.20. The van der Waals surface area contributed by atoms with Crippen molar-refractivity contribution in [3.05, 3.63) is 0 Å². The molecule has 0 aromatic heterocycles. The summed E-state index contributed by atoms with van der Waals surface area (Å²) >= 11 is 0. The zero-order valence-corrected chi connectivity index (χ0v) is 9.77. The van der Waals surface area contributed by atoms with E-state index in [4.69, 9.17) is 6.42 Å². The van der Waals surface area contributed by atoms with Crippen LogP contribution in [0.1, 0.15) is 39.5 Å². The maximum absolute atomic E-state index is 12.9. The van der Waals surface area contributed by atoms with Gasteiger partial charge < -0.3 is 0 Å². The normalized spacial score (nSPS) is 24.9. The summed E-state index contributed by atoms with van der Waals surface area (Å²) in [5, 5.41) is 0. The molecule has 16 heavy (non-hydrogen) atoms. The first-order chi connectivity index (χ1) is 7.29. The number of nitrogens with zero attached hydrogens (tertiary/aromatic N) is 1. The summed E-state index contributed by atoms with van der Waals surface area (Å²) in [5.74, 6) is 2.47. The summed E-state index contributed by atoms with van der Waals surface area (Å²) in [6.45, 7) is 3.79. The summed E-state index contributed by atoms with van der Waals surface area (Å²) in [6, 6.07) is -1.39. The standard InChI is InChI=1S/C12H18F3N/c1-4-11(2,3)16-9-7-5-6-8-10(16)12(13,14)15/h1,10H,5-9H2,2-3H3. The average Bonchev–Trinajstić information content (AvgIpc) is 2.41. The Balaban J connectivity index is 2.96. The topological polar surface area (TPSA) is 3.24 Å². The molecule has 1 aliphatic rings. The Kier molecular flexibility index (Phi) is 3.90. The number of hydrogen-bond donors (Lipinski definition) is 0. The van der Waals surface area contributed by atoms with E-state index >= 15 is 0 Å². The Morgan fingerprint density at radius 2 is 1.81 bits per heavy atom. The first kappa shape index (κ1) is 13.4. The second-order valence-corrected chi connectivity index (χ2v) is 4.80. The molecule has 4 heteroatoms. The molecule has 0 amide bonds. The van der Waals surface area contributed by atoms with Crippen LogP contribution in [0, 0.1) is 12.3 Å². The monoisotopic (exact) mass is 233 g/mol. The van der Waals surface area contributed by atoms with Gasteiger partial charge in [0.15, 0.2) is 0 Å². The fourth-order valence-electron chi connectivity index (χ4n) is 2.20. The van der Waals surface area contributed by atoms with Gasteiger partial charge in [0.25, 0.3) is 0 Å². The van der Waals surface area contributed by atoms with Crippen molar-refractivity contribution in [2.75, 3.05) is 6.54 Å². The molecule has 0 N–H and O–H groups in total. The zero-order chi connectivity index (χ0) is 12.4. The molecule has 1 rings (SSSR count). The van der Waals surface area contributed by atoms with Gasteiger partial charge in [-0.05, 0) is 26.7 Å². The predicted octanol–water partition coefficient (Wildman–Crippen LogP) is 3.21. The minimum absolute atomic E-state index is 0.161. The predicted molar refractivity (Wildman–Crippen MR) is 57.9 cm³/mol. The van der Waals surface area contributed by atoms with Crippen LogP contribution in [0.4, 0.5) is 13.2 Å². The first-order valence-corrected chi connectivity index (χ1v) is 5.60. The minimum Gasteiger partial charge on any atom is -0.276 e. The first-order valence-electron chi connectivity index (χ1n) is 5.60. The lowest BCUT2D eigenvalue weighted by atomic mass is 9.99. The SMILES string of the molecule is C#CC(C)(C)N1CCCCCC1C(F)(F)F. The Morgan fingerprint density at radius 1 is 1.19 bits per heavy atom. The van der Waals surface area contributed by atoms with Gasteiger partial charge in [0.2, 0.25) is 0 Å². The van der Waals surface area contributed by atoms with Gasteiger partial charge in [0.1, 0.15) is 6.04 Å². The second-order valence-electron chi connectivity index (χ2n) is 4.80. The lowest BCUT2D eigenvalue weighted by molar-refractivity contribution is -0.193. The number of terminal acetylenes is 1. The summed E-state index contributed by atoms with van der Waals surface area (Å²) in [6.07, 6.45) is 3.58. The average molecular weight is 233 g/mol. The van der Waals surface area contributed by atoms with E-state index in [-0.39, 0.29) is 6.42 Å². The molecule has 0 aromatic rings. The number of rotatable bonds is 1. The van der Waals surface area contributed by atoms with Crippen LogP contribution < -0.4 is 0 Å². The fraction of sp³-hybridized carbons (Fsp3) is 0.833. The van der Waals surface area contributed by atoms with Crippen LogP contribution in [0.3, 0.4) is 0 Å². The molecule has 1 atom stereocenters. The van der Waals surface area contributed by atoms with Crippen LogP contribution in [-0.2, 0) is 0 Å². The molecule has 1 nitrogen and oxygen atoms in total.